The van der Waals surface area contributed by atoms with Gasteiger partial charge in [-0.15, -0.1) is 0 Å². The van der Waals surface area contributed by atoms with Crippen LogP contribution in [0.15, 0.2) is 54.1 Å². The van der Waals surface area contributed by atoms with Gasteiger partial charge in [0.15, 0.2) is 0 Å². The summed E-state index contributed by atoms with van der Waals surface area (Å²) in [7, 11) is 0. The molecule has 0 aliphatic heterocycles. The van der Waals surface area contributed by atoms with E-state index in [0.717, 1.165) is 46.1 Å². The molecule has 6 heteroatoms. The van der Waals surface area contributed by atoms with Gasteiger partial charge in [0, 0.05) is 28.9 Å². The molecule has 1 aromatic heterocycles. The van der Waals surface area contributed by atoms with Gasteiger partial charge in [-0.25, -0.2) is 4.39 Å². The molecule has 0 bridgehead atoms. The van der Waals surface area contributed by atoms with Crippen LogP contribution in [0.2, 0.25) is 0 Å². The number of para-hydroxylation sites is 1. The van der Waals surface area contributed by atoms with Gasteiger partial charge in [0.1, 0.15) is 5.82 Å². The molecule has 0 spiro atoms. The highest BCUT2D eigenvalue weighted by Gasteiger charge is 2.30. The zero-order valence-electron chi connectivity index (χ0n) is 17.8. The summed E-state index contributed by atoms with van der Waals surface area (Å²) in [5, 5.41) is 30.4. The van der Waals surface area contributed by atoms with E-state index in [0.29, 0.717) is 11.5 Å². The quantitative estimate of drug-likeness (QED) is 0.468. The molecule has 3 aromatic rings. The predicted octanol–water partition coefficient (Wildman–Crippen LogP) is 4.91. The standard InChI is InChI=1S/C26H26FNO4/c1-15(23(30)13-19(29)14-24(31)32)12-21-25(16-8-10-18(27)11-9-16)20-4-2-3-5-22(20)28-26(21)17-6-7-17/h2-5,8-12,17,19,23,29-30H,6-7,13-14H2,1H3,(H,31,32)/b15-12+/t19-,23+/m1/s1. The number of carbonyl (C=O) groups is 1. The van der Waals surface area contributed by atoms with E-state index < -0.39 is 24.6 Å². The summed E-state index contributed by atoms with van der Waals surface area (Å²) < 4.78 is 13.6. The van der Waals surface area contributed by atoms with Gasteiger partial charge in [-0.2, -0.15) is 0 Å². The molecule has 1 fully saturated rings. The Morgan fingerprint density at radius 3 is 2.50 bits per heavy atom. The molecule has 0 saturated heterocycles. The maximum absolute atomic E-state index is 13.6. The van der Waals surface area contributed by atoms with E-state index in [-0.39, 0.29) is 12.2 Å². The first kappa shape index (κ1) is 22.1. The third kappa shape index (κ3) is 4.87. The van der Waals surface area contributed by atoms with Gasteiger partial charge in [-0.3, -0.25) is 9.78 Å². The molecule has 1 aliphatic rings. The minimum atomic E-state index is -1.14. The minimum absolute atomic E-state index is 0.0692. The van der Waals surface area contributed by atoms with E-state index in [4.69, 9.17) is 10.1 Å². The largest absolute Gasteiger partial charge is 0.481 e. The number of pyridine rings is 1. The number of nitrogens with zero attached hydrogens (tertiary/aromatic N) is 1. The summed E-state index contributed by atoms with van der Waals surface area (Å²) in [4.78, 5) is 15.8. The zero-order valence-corrected chi connectivity index (χ0v) is 17.8. The number of carboxylic acids is 1. The highest BCUT2D eigenvalue weighted by Crippen LogP contribution is 2.45. The van der Waals surface area contributed by atoms with E-state index in [1.807, 2.05) is 30.3 Å². The first-order valence-corrected chi connectivity index (χ1v) is 10.8. The van der Waals surface area contributed by atoms with Crippen LogP contribution in [0.5, 0.6) is 0 Å². The lowest BCUT2D eigenvalue weighted by atomic mass is 9.90. The smallest absolute Gasteiger partial charge is 0.305 e. The number of rotatable bonds is 8. The van der Waals surface area contributed by atoms with Crippen LogP contribution >= 0.6 is 0 Å². The average molecular weight is 435 g/mol. The SMILES string of the molecule is C/C(=C\c1c(C2CC2)nc2ccccc2c1-c1ccc(F)cc1)[C@@H](O)C[C@@H](O)CC(=O)O. The molecule has 1 heterocycles. The van der Waals surface area contributed by atoms with Gasteiger partial charge in [0.05, 0.1) is 29.8 Å². The molecule has 0 unspecified atom stereocenters. The average Bonchev–Trinajstić information content (AvgIpc) is 3.58. The van der Waals surface area contributed by atoms with Gasteiger partial charge in [0.2, 0.25) is 0 Å². The molecule has 32 heavy (non-hydrogen) atoms. The molecular formula is C26H26FNO4. The predicted molar refractivity (Wildman–Crippen MR) is 122 cm³/mol. The highest BCUT2D eigenvalue weighted by atomic mass is 19.1. The second-order valence-corrected chi connectivity index (χ2v) is 8.48. The van der Waals surface area contributed by atoms with Crippen LogP contribution in [0.4, 0.5) is 4.39 Å². The van der Waals surface area contributed by atoms with Crippen LogP contribution in [0.25, 0.3) is 28.1 Å². The van der Waals surface area contributed by atoms with Crippen molar-refractivity contribution in [3.8, 4) is 11.1 Å². The molecule has 1 saturated carbocycles. The van der Waals surface area contributed by atoms with Crippen molar-refractivity contribution in [1.82, 2.24) is 4.98 Å². The van der Waals surface area contributed by atoms with Gasteiger partial charge in [0.25, 0.3) is 0 Å². The maximum atomic E-state index is 13.6. The molecule has 2 aromatic carbocycles. The van der Waals surface area contributed by atoms with Crippen molar-refractivity contribution in [2.45, 2.75) is 50.7 Å². The number of aromatic nitrogens is 1. The molecule has 5 nitrogen and oxygen atoms in total. The molecule has 166 valence electrons. The number of benzene rings is 2. The Hall–Kier alpha value is -3.09. The first-order chi connectivity index (χ1) is 15.3. The molecule has 1 aliphatic carbocycles. The second-order valence-electron chi connectivity index (χ2n) is 8.48. The fourth-order valence-electron chi connectivity index (χ4n) is 4.04. The molecule has 0 amide bonds. The number of aliphatic carboxylic acids is 1. The summed E-state index contributed by atoms with van der Waals surface area (Å²) in [6, 6.07) is 14.2. The summed E-state index contributed by atoms with van der Waals surface area (Å²) in [5.41, 5.74) is 5.07. The van der Waals surface area contributed by atoms with Crippen LogP contribution in [-0.2, 0) is 4.79 Å². The van der Waals surface area contributed by atoms with Crippen LogP contribution < -0.4 is 0 Å². The normalized spacial score (nSPS) is 16.2. The minimum Gasteiger partial charge on any atom is -0.481 e. The molecule has 4 rings (SSSR count). The topological polar surface area (TPSA) is 90.7 Å². The number of hydrogen-bond acceptors (Lipinski definition) is 4. The van der Waals surface area contributed by atoms with Gasteiger partial charge in [-0.05, 0) is 49.1 Å². The summed E-state index contributed by atoms with van der Waals surface area (Å²) >= 11 is 0. The number of aliphatic hydroxyl groups is 2. The van der Waals surface area contributed by atoms with E-state index in [2.05, 4.69) is 0 Å². The van der Waals surface area contributed by atoms with Crippen molar-refractivity contribution >= 4 is 22.9 Å². The highest BCUT2D eigenvalue weighted by molar-refractivity contribution is 5.99. The van der Waals surface area contributed by atoms with Crippen molar-refractivity contribution in [2.24, 2.45) is 0 Å². The Labute approximate surface area is 185 Å². The second kappa shape index (κ2) is 9.18. The van der Waals surface area contributed by atoms with Gasteiger partial charge < -0.3 is 15.3 Å². The van der Waals surface area contributed by atoms with Crippen LogP contribution in [0, 0.1) is 5.82 Å². The lowest BCUT2D eigenvalue weighted by Crippen LogP contribution is -2.21. The maximum Gasteiger partial charge on any atom is 0.305 e. The van der Waals surface area contributed by atoms with Crippen molar-refractivity contribution in [1.29, 1.82) is 0 Å². The van der Waals surface area contributed by atoms with E-state index in [9.17, 15) is 19.4 Å². The van der Waals surface area contributed by atoms with E-state index >= 15 is 0 Å². The van der Waals surface area contributed by atoms with Crippen LogP contribution in [0.1, 0.15) is 49.8 Å². The van der Waals surface area contributed by atoms with Crippen molar-refractivity contribution < 1.29 is 24.5 Å². The molecule has 3 N–H and O–H groups in total. The molecular weight excluding hydrogens is 409 g/mol. The lowest BCUT2D eigenvalue weighted by molar-refractivity contribution is -0.139. The Balaban J connectivity index is 1.84. The van der Waals surface area contributed by atoms with E-state index in [1.54, 1.807) is 19.1 Å². The first-order valence-electron chi connectivity index (χ1n) is 10.8. The monoisotopic (exact) mass is 435 g/mol. The van der Waals surface area contributed by atoms with Crippen LogP contribution in [0.3, 0.4) is 0 Å². The van der Waals surface area contributed by atoms with Crippen LogP contribution in [-0.4, -0.2) is 38.5 Å². The fraction of sp³-hybridized carbons (Fsp3) is 0.308. The Kier molecular flexibility index (Phi) is 6.35. The summed E-state index contributed by atoms with van der Waals surface area (Å²) in [6.45, 7) is 1.76. The van der Waals surface area contributed by atoms with Crippen molar-refractivity contribution in [3.05, 3.63) is 71.2 Å². The third-order valence-electron chi connectivity index (χ3n) is 5.86. The van der Waals surface area contributed by atoms with Crippen molar-refractivity contribution in [3.63, 3.8) is 0 Å². The number of hydrogen-bond donors (Lipinski definition) is 3. The van der Waals surface area contributed by atoms with Gasteiger partial charge in [-0.1, -0.05) is 36.4 Å². The number of fused-ring (bicyclic) bond motifs is 1. The van der Waals surface area contributed by atoms with Gasteiger partial charge >= 0.3 is 5.97 Å². The third-order valence-corrected chi connectivity index (χ3v) is 5.86. The number of aliphatic hydroxyl groups excluding tert-OH is 2. The number of carboxylic acid groups (broad SMARTS) is 1. The fourth-order valence-corrected chi connectivity index (χ4v) is 4.04. The molecule has 2 atom stereocenters. The van der Waals surface area contributed by atoms with Crippen molar-refractivity contribution in [2.75, 3.05) is 0 Å². The molecule has 0 radical (unpaired) electrons. The Bertz CT molecular complexity index is 1170. The number of halogens is 1. The summed E-state index contributed by atoms with van der Waals surface area (Å²) in [6.07, 6.45) is 1.33. The zero-order chi connectivity index (χ0) is 22.8. The Morgan fingerprint density at radius 2 is 1.84 bits per heavy atom. The van der Waals surface area contributed by atoms with E-state index in [1.165, 1.54) is 12.1 Å². The lowest BCUT2D eigenvalue weighted by Gasteiger charge is -2.19. The Morgan fingerprint density at radius 1 is 1.16 bits per heavy atom. The summed E-state index contributed by atoms with van der Waals surface area (Å²) in [5.74, 6) is -1.10.